The molecule has 122 valence electrons. The summed E-state index contributed by atoms with van der Waals surface area (Å²) < 4.78 is 56.4. The standard InChI is InChI=1S/C14H15F4NO3/c15-11-2-1-9(14(16,17)18)7-10(11)12(20)19-8-13(21)3-5-22-6-4-13/h1-2,7,21H,3-6,8H2,(H,19,20). The maximum absolute atomic E-state index is 13.6. The number of nitrogens with one attached hydrogen (secondary N) is 1. The fraction of sp³-hybridized carbons (Fsp3) is 0.500. The first-order valence-corrected chi connectivity index (χ1v) is 6.66. The smallest absolute Gasteiger partial charge is 0.388 e. The number of hydrogen-bond donors (Lipinski definition) is 2. The summed E-state index contributed by atoms with van der Waals surface area (Å²) >= 11 is 0. The number of carbonyl (C=O) groups excluding carboxylic acids is 1. The molecule has 2 N–H and O–H groups in total. The lowest BCUT2D eigenvalue weighted by Gasteiger charge is -2.32. The Morgan fingerprint density at radius 3 is 2.55 bits per heavy atom. The maximum Gasteiger partial charge on any atom is 0.416 e. The summed E-state index contributed by atoms with van der Waals surface area (Å²) in [4.78, 5) is 11.9. The zero-order valence-corrected chi connectivity index (χ0v) is 11.5. The third-order valence-electron chi connectivity index (χ3n) is 3.54. The van der Waals surface area contributed by atoms with Crippen molar-refractivity contribution in [2.45, 2.75) is 24.6 Å². The van der Waals surface area contributed by atoms with Gasteiger partial charge in [0.15, 0.2) is 0 Å². The van der Waals surface area contributed by atoms with Gasteiger partial charge in [0.1, 0.15) is 5.82 Å². The molecule has 1 heterocycles. The number of halogens is 4. The number of ether oxygens (including phenoxy) is 1. The lowest BCUT2D eigenvalue weighted by molar-refractivity contribution is -0.137. The van der Waals surface area contributed by atoms with E-state index in [-0.39, 0.29) is 6.54 Å². The van der Waals surface area contributed by atoms with Gasteiger partial charge in [0.25, 0.3) is 5.91 Å². The van der Waals surface area contributed by atoms with E-state index in [0.29, 0.717) is 44.3 Å². The zero-order chi connectivity index (χ0) is 16.4. The van der Waals surface area contributed by atoms with Crippen LogP contribution in [0.4, 0.5) is 17.6 Å². The molecule has 1 amide bonds. The number of alkyl halides is 3. The first kappa shape index (κ1) is 16.7. The first-order valence-electron chi connectivity index (χ1n) is 6.66. The molecule has 0 radical (unpaired) electrons. The quantitative estimate of drug-likeness (QED) is 0.839. The van der Waals surface area contributed by atoms with Crippen LogP contribution in [0.2, 0.25) is 0 Å². The molecule has 0 spiro atoms. The van der Waals surface area contributed by atoms with E-state index in [1.54, 1.807) is 0 Å². The predicted molar refractivity (Wildman–Crippen MR) is 68.7 cm³/mol. The second kappa shape index (κ2) is 6.21. The van der Waals surface area contributed by atoms with Crippen LogP contribution in [0.15, 0.2) is 18.2 Å². The first-order chi connectivity index (χ1) is 10.2. The molecule has 0 atom stereocenters. The normalized spacial score (nSPS) is 18.0. The van der Waals surface area contributed by atoms with Gasteiger partial charge in [0.2, 0.25) is 0 Å². The van der Waals surface area contributed by atoms with Crippen LogP contribution in [0.5, 0.6) is 0 Å². The van der Waals surface area contributed by atoms with Crippen molar-refractivity contribution in [2.75, 3.05) is 19.8 Å². The van der Waals surface area contributed by atoms with Crippen LogP contribution in [0.25, 0.3) is 0 Å². The Bertz CT molecular complexity index is 554. The number of carbonyl (C=O) groups is 1. The van der Waals surface area contributed by atoms with Gasteiger partial charge in [-0.3, -0.25) is 4.79 Å². The lowest BCUT2D eigenvalue weighted by atomic mass is 9.94. The Labute approximate surface area is 124 Å². The molecule has 1 fully saturated rings. The van der Waals surface area contributed by atoms with Gasteiger partial charge in [-0.1, -0.05) is 0 Å². The van der Waals surface area contributed by atoms with Crippen molar-refractivity contribution in [1.82, 2.24) is 5.32 Å². The van der Waals surface area contributed by atoms with Gasteiger partial charge in [-0.2, -0.15) is 13.2 Å². The third kappa shape index (κ3) is 3.95. The van der Waals surface area contributed by atoms with Gasteiger partial charge in [0.05, 0.1) is 16.7 Å². The molecule has 1 saturated heterocycles. The fourth-order valence-corrected chi connectivity index (χ4v) is 2.14. The van der Waals surface area contributed by atoms with Crippen LogP contribution in [-0.4, -0.2) is 36.4 Å². The molecule has 1 aliphatic heterocycles. The molecular formula is C14H15F4NO3. The lowest BCUT2D eigenvalue weighted by Crippen LogP contribution is -2.46. The molecule has 1 aromatic rings. The number of aliphatic hydroxyl groups is 1. The highest BCUT2D eigenvalue weighted by atomic mass is 19.4. The summed E-state index contributed by atoms with van der Waals surface area (Å²) in [7, 11) is 0. The SMILES string of the molecule is O=C(NCC1(O)CCOCC1)c1cc(C(F)(F)F)ccc1F. The minimum Gasteiger partial charge on any atom is -0.388 e. The molecule has 8 heteroatoms. The Morgan fingerprint density at radius 2 is 1.95 bits per heavy atom. The average molecular weight is 321 g/mol. The van der Waals surface area contributed by atoms with E-state index in [2.05, 4.69) is 5.32 Å². The molecule has 1 aliphatic rings. The van der Waals surface area contributed by atoms with Gasteiger partial charge in [-0.05, 0) is 18.2 Å². The number of rotatable bonds is 3. The number of hydrogen-bond acceptors (Lipinski definition) is 3. The maximum atomic E-state index is 13.6. The Hall–Kier alpha value is -1.67. The Balaban J connectivity index is 2.09. The van der Waals surface area contributed by atoms with E-state index in [0.717, 1.165) is 0 Å². The summed E-state index contributed by atoms with van der Waals surface area (Å²) in [5, 5.41) is 12.4. The van der Waals surface area contributed by atoms with Crippen LogP contribution in [0, 0.1) is 5.82 Å². The van der Waals surface area contributed by atoms with Crippen molar-refractivity contribution in [3.63, 3.8) is 0 Å². The van der Waals surface area contributed by atoms with E-state index in [1.807, 2.05) is 0 Å². The molecule has 0 aliphatic carbocycles. The summed E-state index contributed by atoms with van der Waals surface area (Å²) in [6.45, 7) is 0.472. The van der Waals surface area contributed by atoms with Gasteiger partial charge in [-0.25, -0.2) is 4.39 Å². The van der Waals surface area contributed by atoms with E-state index < -0.39 is 34.6 Å². The number of benzene rings is 1. The van der Waals surface area contributed by atoms with E-state index in [9.17, 15) is 27.5 Å². The predicted octanol–water partition coefficient (Wildman–Crippen LogP) is 2.12. The highest BCUT2D eigenvalue weighted by molar-refractivity contribution is 5.94. The largest absolute Gasteiger partial charge is 0.416 e. The second-order valence-corrected chi connectivity index (χ2v) is 5.21. The highest BCUT2D eigenvalue weighted by Gasteiger charge is 2.33. The van der Waals surface area contributed by atoms with Gasteiger partial charge in [-0.15, -0.1) is 0 Å². The monoisotopic (exact) mass is 321 g/mol. The minimum atomic E-state index is -4.67. The second-order valence-electron chi connectivity index (χ2n) is 5.21. The average Bonchev–Trinajstić information content (AvgIpc) is 2.45. The Kier molecular flexibility index (Phi) is 4.72. The summed E-state index contributed by atoms with van der Waals surface area (Å²) in [5.41, 5.74) is -3.00. The minimum absolute atomic E-state index is 0.176. The van der Waals surface area contributed by atoms with Crippen molar-refractivity contribution in [1.29, 1.82) is 0 Å². The third-order valence-corrected chi connectivity index (χ3v) is 3.54. The van der Waals surface area contributed by atoms with E-state index in [4.69, 9.17) is 4.74 Å². The van der Waals surface area contributed by atoms with Crippen molar-refractivity contribution in [2.24, 2.45) is 0 Å². The summed E-state index contributed by atoms with van der Waals surface area (Å²) in [6, 6.07) is 1.62. The molecule has 1 aromatic carbocycles. The molecule has 0 bridgehead atoms. The molecule has 2 rings (SSSR count). The van der Waals surface area contributed by atoms with Gasteiger partial charge >= 0.3 is 6.18 Å². The topological polar surface area (TPSA) is 58.6 Å². The number of amides is 1. The van der Waals surface area contributed by atoms with E-state index >= 15 is 0 Å². The Morgan fingerprint density at radius 1 is 1.32 bits per heavy atom. The van der Waals surface area contributed by atoms with Crippen LogP contribution in [0.1, 0.15) is 28.8 Å². The van der Waals surface area contributed by atoms with Gasteiger partial charge < -0.3 is 15.2 Å². The zero-order valence-electron chi connectivity index (χ0n) is 11.5. The molecule has 0 aromatic heterocycles. The van der Waals surface area contributed by atoms with Crippen molar-refractivity contribution >= 4 is 5.91 Å². The molecule has 0 saturated carbocycles. The van der Waals surface area contributed by atoms with E-state index in [1.165, 1.54) is 0 Å². The molecule has 4 nitrogen and oxygen atoms in total. The van der Waals surface area contributed by atoms with Crippen molar-refractivity contribution in [3.8, 4) is 0 Å². The van der Waals surface area contributed by atoms with Gasteiger partial charge in [0, 0.05) is 32.6 Å². The van der Waals surface area contributed by atoms with Crippen LogP contribution in [0.3, 0.4) is 0 Å². The summed E-state index contributed by atoms with van der Waals surface area (Å²) in [6.07, 6.45) is -4.08. The molecule has 0 unspecified atom stereocenters. The van der Waals surface area contributed by atoms with Crippen molar-refractivity contribution < 1.29 is 32.2 Å². The van der Waals surface area contributed by atoms with Crippen LogP contribution < -0.4 is 5.32 Å². The molecule has 22 heavy (non-hydrogen) atoms. The van der Waals surface area contributed by atoms with Crippen LogP contribution >= 0.6 is 0 Å². The summed E-state index contributed by atoms with van der Waals surface area (Å²) in [5.74, 6) is -2.05. The fourth-order valence-electron chi connectivity index (χ4n) is 2.14. The van der Waals surface area contributed by atoms with Crippen LogP contribution in [-0.2, 0) is 10.9 Å². The molecular weight excluding hydrogens is 306 g/mol. The van der Waals surface area contributed by atoms with Crippen molar-refractivity contribution in [3.05, 3.63) is 35.1 Å². The highest BCUT2D eigenvalue weighted by Crippen LogP contribution is 2.30.